The highest BCUT2D eigenvalue weighted by Crippen LogP contribution is 2.39. The first-order chi connectivity index (χ1) is 18.3. The van der Waals surface area contributed by atoms with Crippen LogP contribution in [0.2, 0.25) is 0 Å². The van der Waals surface area contributed by atoms with E-state index >= 15 is 0 Å². The molecule has 0 spiro atoms. The molecule has 3 atom stereocenters. The zero-order chi connectivity index (χ0) is 28.6. The van der Waals surface area contributed by atoms with Gasteiger partial charge < -0.3 is 15.1 Å². The van der Waals surface area contributed by atoms with Crippen LogP contribution in [-0.4, -0.2) is 66.4 Å². The monoisotopic (exact) mass is 540 g/mol. The lowest BCUT2D eigenvalue weighted by molar-refractivity contribution is -0.136. The molecule has 2 saturated heterocycles. The second kappa shape index (κ2) is 11.2. The van der Waals surface area contributed by atoms with Crippen molar-refractivity contribution < 1.29 is 18.4 Å². The van der Waals surface area contributed by atoms with Gasteiger partial charge in [-0.2, -0.15) is 0 Å². The predicted molar refractivity (Wildman–Crippen MR) is 151 cm³/mol. The lowest BCUT2D eigenvalue weighted by Crippen LogP contribution is -2.51. The van der Waals surface area contributed by atoms with E-state index in [1.165, 1.54) is 30.2 Å². The third-order valence-electron chi connectivity index (χ3n) is 8.41. The van der Waals surface area contributed by atoms with E-state index in [2.05, 4.69) is 61.9 Å². The number of aryl methyl sites for hydroxylation is 2. The Hall–Kier alpha value is -3.00. The largest absolute Gasteiger partial charge is 0.368 e. The van der Waals surface area contributed by atoms with E-state index in [9.17, 15) is 18.4 Å². The second-order valence-electron chi connectivity index (χ2n) is 12.2. The third kappa shape index (κ3) is 6.26. The van der Waals surface area contributed by atoms with Gasteiger partial charge in [0.05, 0.1) is 12.0 Å². The quantitative estimate of drug-likeness (QED) is 0.584. The second-order valence-corrected chi connectivity index (χ2v) is 12.2. The van der Waals surface area contributed by atoms with Gasteiger partial charge in [-0.1, -0.05) is 12.1 Å². The van der Waals surface area contributed by atoms with Gasteiger partial charge in [-0.3, -0.25) is 14.5 Å². The maximum atomic E-state index is 14.9. The summed E-state index contributed by atoms with van der Waals surface area (Å²) < 4.78 is 28.5. The number of carbonyl (C=O) groups excluding carboxylic acids is 2. The van der Waals surface area contributed by atoms with Gasteiger partial charge in [0.25, 0.3) is 0 Å². The summed E-state index contributed by atoms with van der Waals surface area (Å²) >= 11 is 0. The average Bonchev–Trinajstić information content (AvgIpc) is 3.30. The van der Waals surface area contributed by atoms with Crippen molar-refractivity contribution in [1.82, 2.24) is 15.1 Å². The lowest BCUT2D eigenvalue weighted by atomic mass is 9.87. The molecule has 212 valence electrons. The Kier molecular flexibility index (Phi) is 8.36. The average molecular weight is 541 g/mol. The van der Waals surface area contributed by atoms with Crippen LogP contribution in [0.1, 0.15) is 68.8 Å². The van der Waals surface area contributed by atoms with E-state index in [0.717, 1.165) is 17.3 Å². The maximum absolute atomic E-state index is 14.9. The minimum atomic E-state index is -0.612. The standard InChI is InChI=1S/C31H42F2N4O2/c1-19-14-25(21(3)34-22(4)38)29(15-20(19)2)35-10-12-36(13-11-35)30(39)27-18-37(31(5,6)7)17-26(27)24-9-8-23(32)16-28(24)33/h8-9,14-16,21,26-27H,10-13,17-18H2,1-7H3,(H,34,38)/t21-,26-,27+/m0/s1. The SMILES string of the molecule is CC(=O)N[C@@H](C)c1cc(C)c(C)cc1N1CCN(C(=O)[C@@H]2CN(C(C)(C)C)C[C@H]2c2ccc(F)cc2F)CC1. The number of carbonyl (C=O) groups is 2. The molecule has 0 saturated carbocycles. The summed E-state index contributed by atoms with van der Waals surface area (Å²) in [6, 6.07) is 7.87. The van der Waals surface area contributed by atoms with Crippen molar-refractivity contribution in [2.45, 2.75) is 66.0 Å². The van der Waals surface area contributed by atoms with Gasteiger partial charge >= 0.3 is 0 Å². The van der Waals surface area contributed by atoms with E-state index in [1.807, 2.05) is 11.8 Å². The molecule has 6 nitrogen and oxygen atoms in total. The van der Waals surface area contributed by atoms with E-state index in [1.54, 1.807) is 0 Å². The van der Waals surface area contributed by atoms with Gasteiger partial charge in [-0.05, 0) is 75.9 Å². The summed E-state index contributed by atoms with van der Waals surface area (Å²) in [5.41, 5.74) is 4.73. The van der Waals surface area contributed by atoms with Gasteiger partial charge in [0.1, 0.15) is 11.6 Å². The molecule has 0 unspecified atom stereocenters. The topological polar surface area (TPSA) is 55.9 Å². The summed E-state index contributed by atoms with van der Waals surface area (Å²) in [5.74, 6) is -1.97. The van der Waals surface area contributed by atoms with Crippen LogP contribution in [0.3, 0.4) is 0 Å². The van der Waals surface area contributed by atoms with Gasteiger partial charge in [-0.25, -0.2) is 8.78 Å². The molecule has 4 rings (SSSR count). The molecule has 2 aliphatic rings. The smallest absolute Gasteiger partial charge is 0.227 e. The molecule has 39 heavy (non-hydrogen) atoms. The minimum Gasteiger partial charge on any atom is -0.368 e. The van der Waals surface area contributed by atoms with Crippen LogP contribution < -0.4 is 10.2 Å². The van der Waals surface area contributed by atoms with Crippen LogP contribution in [-0.2, 0) is 9.59 Å². The molecule has 2 heterocycles. The number of hydrogen-bond acceptors (Lipinski definition) is 4. The van der Waals surface area contributed by atoms with Crippen LogP contribution in [0, 0.1) is 31.4 Å². The first-order valence-electron chi connectivity index (χ1n) is 13.9. The number of nitrogens with one attached hydrogen (secondary N) is 1. The number of anilines is 1. The molecule has 0 aliphatic carbocycles. The molecule has 0 bridgehead atoms. The van der Waals surface area contributed by atoms with Crippen molar-refractivity contribution in [3.63, 3.8) is 0 Å². The first kappa shape index (κ1) is 29.0. The van der Waals surface area contributed by atoms with Gasteiger partial charge in [0.15, 0.2) is 0 Å². The number of rotatable bonds is 5. The number of halogens is 2. The molecule has 0 radical (unpaired) electrons. The Balaban J connectivity index is 1.53. The molecule has 8 heteroatoms. The molecule has 2 fully saturated rings. The van der Waals surface area contributed by atoms with E-state index in [0.29, 0.717) is 44.8 Å². The Morgan fingerprint density at radius 3 is 2.21 bits per heavy atom. The molecule has 2 aromatic carbocycles. The fourth-order valence-electron chi connectivity index (χ4n) is 5.95. The van der Waals surface area contributed by atoms with Crippen molar-refractivity contribution in [2.24, 2.45) is 5.92 Å². The van der Waals surface area contributed by atoms with Crippen molar-refractivity contribution in [3.05, 3.63) is 64.2 Å². The highest BCUT2D eigenvalue weighted by Gasteiger charge is 2.44. The number of piperazine rings is 1. The van der Waals surface area contributed by atoms with Crippen molar-refractivity contribution in [3.8, 4) is 0 Å². The molecular weight excluding hydrogens is 498 g/mol. The molecule has 2 aromatic rings. The fourth-order valence-corrected chi connectivity index (χ4v) is 5.95. The fraction of sp³-hybridized carbons (Fsp3) is 0.548. The molecule has 0 aromatic heterocycles. The van der Waals surface area contributed by atoms with Gasteiger partial charge in [-0.15, -0.1) is 0 Å². The van der Waals surface area contributed by atoms with Crippen molar-refractivity contribution in [2.75, 3.05) is 44.2 Å². The number of benzene rings is 2. The van der Waals surface area contributed by atoms with Crippen LogP contribution in [0.4, 0.5) is 14.5 Å². The normalized spacial score (nSPS) is 21.3. The highest BCUT2D eigenvalue weighted by molar-refractivity contribution is 5.81. The maximum Gasteiger partial charge on any atom is 0.227 e. The Bertz CT molecular complexity index is 1230. The van der Waals surface area contributed by atoms with E-state index < -0.39 is 17.6 Å². The zero-order valence-electron chi connectivity index (χ0n) is 24.3. The summed E-state index contributed by atoms with van der Waals surface area (Å²) in [6.07, 6.45) is 0. The van der Waals surface area contributed by atoms with Crippen LogP contribution >= 0.6 is 0 Å². The third-order valence-corrected chi connectivity index (χ3v) is 8.41. The van der Waals surface area contributed by atoms with Gasteiger partial charge in [0.2, 0.25) is 11.8 Å². The Morgan fingerprint density at radius 2 is 1.62 bits per heavy atom. The molecular formula is C31H42F2N4O2. The molecule has 1 N–H and O–H groups in total. The summed E-state index contributed by atoms with van der Waals surface area (Å²) in [5, 5.41) is 3.01. The van der Waals surface area contributed by atoms with Crippen molar-refractivity contribution in [1.29, 1.82) is 0 Å². The minimum absolute atomic E-state index is 0.0297. The van der Waals surface area contributed by atoms with Gasteiger partial charge in [0, 0.05) is 69.4 Å². The number of hydrogen-bond donors (Lipinski definition) is 1. The number of likely N-dealkylation sites (tertiary alicyclic amines) is 1. The molecule has 2 aliphatic heterocycles. The van der Waals surface area contributed by atoms with Crippen LogP contribution in [0.25, 0.3) is 0 Å². The Morgan fingerprint density at radius 1 is 0.974 bits per heavy atom. The van der Waals surface area contributed by atoms with E-state index in [4.69, 9.17) is 0 Å². The highest BCUT2D eigenvalue weighted by atomic mass is 19.1. The predicted octanol–water partition coefficient (Wildman–Crippen LogP) is 4.94. The Labute approximate surface area is 231 Å². The number of amides is 2. The summed E-state index contributed by atoms with van der Waals surface area (Å²) in [7, 11) is 0. The summed E-state index contributed by atoms with van der Waals surface area (Å²) in [4.78, 5) is 32.1. The van der Waals surface area contributed by atoms with Crippen LogP contribution in [0.5, 0.6) is 0 Å². The van der Waals surface area contributed by atoms with Crippen LogP contribution in [0.15, 0.2) is 30.3 Å². The molecule has 2 amide bonds. The number of nitrogens with zero attached hydrogens (tertiary/aromatic N) is 3. The zero-order valence-corrected chi connectivity index (χ0v) is 24.3. The first-order valence-corrected chi connectivity index (χ1v) is 13.9. The van der Waals surface area contributed by atoms with E-state index in [-0.39, 0.29) is 29.3 Å². The summed E-state index contributed by atoms with van der Waals surface area (Å²) in [6.45, 7) is 17.5. The lowest BCUT2D eigenvalue weighted by Gasteiger charge is -2.39. The van der Waals surface area contributed by atoms with Crippen molar-refractivity contribution >= 4 is 17.5 Å².